The van der Waals surface area contributed by atoms with Gasteiger partial charge in [-0.15, -0.1) is 0 Å². The van der Waals surface area contributed by atoms with Crippen LogP contribution >= 0.6 is 0 Å². The van der Waals surface area contributed by atoms with Crippen LogP contribution < -0.4 is 5.32 Å². The molecular weight excluding hydrogens is 259 g/mol. The number of carboxylic acid groups (broad SMARTS) is 1. The Hall–Kier alpha value is -2.04. The zero-order valence-electron chi connectivity index (χ0n) is 11.4. The molecule has 0 spiro atoms. The minimum absolute atomic E-state index is 0.144. The fourth-order valence-corrected chi connectivity index (χ4v) is 2.44. The lowest BCUT2D eigenvalue weighted by molar-refractivity contribution is 0.189. The maximum atomic E-state index is 13.3. The van der Waals surface area contributed by atoms with Gasteiger partial charge in [0.15, 0.2) is 0 Å². The van der Waals surface area contributed by atoms with Crippen molar-refractivity contribution >= 4 is 17.0 Å². The Bertz CT molecular complexity index is 595. The molecular formula is C15H19FN2O2. The molecule has 20 heavy (non-hydrogen) atoms. The number of carbonyl (C=O) groups is 1. The molecule has 0 aliphatic carbocycles. The first-order chi connectivity index (χ1) is 9.60. The number of unbranched alkanes of at least 4 members (excludes halogenated alkanes) is 1. The zero-order valence-corrected chi connectivity index (χ0v) is 11.4. The van der Waals surface area contributed by atoms with Gasteiger partial charge in [-0.1, -0.05) is 19.8 Å². The van der Waals surface area contributed by atoms with Crippen molar-refractivity contribution in [1.29, 1.82) is 0 Å². The highest BCUT2D eigenvalue weighted by molar-refractivity contribution is 5.83. The molecule has 0 saturated carbocycles. The summed E-state index contributed by atoms with van der Waals surface area (Å²) in [7, 11) is 0. The average molecular weight is 278 g/mol. The SMILES string of the molecule is CCCCC(Cc1c[nH]c2ccc(F)cc12)NC(=O)O. The van der Waals surface area contributed by atoms with Gasteiger partial charge < -0.3 is 15.4 Å². The van der Waals surface area contributed by atoms with Crippen molar-refractivity contribution in [2.24, 2.45) is 0 Å². The van der Waals surface area contributed by atoms with E-state index in [0.29, 0.717) is 6.42 Å². The smallest absolute Gasteiger partial charge is 0.404 e. The quantitative estimate of drug-likeness (QED) is 0.754. The molecule has 0 radical (unpaired) electrons. The number of aromatic nitrogens is 1. The largest absolute Gasteiger partial charge is 0.465 e. The molecule has 1 aromatic carbocycles. The van der Waals surface area contributed by atoms with Crippen LogP contribution in [0.1, 0.15) is 31.7 Å². The van der Waals surface area contributed by atoms with Gasteiger partial charge in [-0.25, -0.2) is 9.18 Å². The summed E-state index contributed by atoms with van der Waals surface area (Å²) in [5.74, 6) is -0.283. The number of rotatable bonds is 6. The Morgan fingerprint density at radius 1 is 1.50 bits per heavy atom. The molecule has 1 aromatic heterocycles. The Morgan fingerprint density at radius 3 is 3.00 bits per heavy atom. The number of amides is 1. The molecule has 0 saturated heterocycles. The van der Waals surface area contributed by atoms with Crippen LogP contribution in [0.25, 0.3) is 10.9 Å². The predicted octanol–water partition coefficient (Wildman–Crippen LogP) is 3.68. The average Bonchev–Trinajstić information content (AvgIpc) is 2.78. The van der Waals surface area contributed by atoms with E-state index in [1.807, 2.05) is 6.20 Å². The highest BCUT2D eigenvalue weighted by atomic mass is 19.1. The van der Waals surface area contributed by atoms with Gasteiger partial charge in [-0.05, 0) is 36.6 Å². The lowest BCUT2D eigenvalue weighted by Gasteiger charge is -2.16. The van der Waals surface area contributed by atoms with E-state index in [1.54, 1.807) is 6.07 Å². The summed E-state index contributed by atoms with van der Waals surface area (Å²) in [5, 5.41) is 12.2. The van der Waals surface area contributed by atoms with Crippen molar-refractivity contribution in [1.82, 2.24) is 10.3 Å². The lowest BCUT2D eigenvalue weighted by atomic mass is 10.0. The molecule has 0 fully saturated rings. The van der Waals surface area contributed by atoms with Crippen molar-refractivity contribution < 1.29 is 14.3 Å². The van der Waals surface area contributed by atoms with Crippen molar-refractivity contribution in [2.45, 2.75) is 38.6 Å². The number of hydrogen-bond donors (Lipinski definition) is 3. The first-order valence-corrected chi connectivity index (χ1v) is 6.85. The first-order valence-electron chi connectivity index (χ1n) is 6.85. The zero-order chi connectivity index (χ0) is 14.5. The summed E-state index contributed by atoms with van der Waals surface area (Å²) < 4.78 is 13.3. The predicted molar refractivity (Wildman–Crippen MR) is 76.4 cm³/mol. The van der Waals surface area contributed by atoms with Crippen molar-refractivity contribution in [3.05, 3.63) is 35.8 Å². The monoisotopic (exact) mass is 278 g/mol. The van der Waals surface area contributed by atoms with Gasteiger partial charge in [0.2, 0.25) is 0 Å². The third-order valence-electron chi connectivity index (χ3n) is 3.43. The second-order valence-electron chi connectivity index (χ2n) is 5.00. The summed E-state index contributed by atoms with van der Waals surface area (Å²) in [6.07, 6.45) is 4.13. The number of nitrogens with one attached hydrogen (secondary N) is 2. The van der Waals surface area contributed by atoms with Crippen LogP contribution in [0.15, 0.2) is 24.4 Å². The van der Waals surface area contributed by atoms with Crippen molar-refractivity contribution in [2.75, 3.05) is 0 Å². The third-order valence-corrected chi connectivity index (χ3v) is 3.43. The molecule has 2 aromatic rings. The maximum Gasteiger partial charge on any atom is 0.404 e. The van der Waals surface area contributed by atoms with Crippen LogP contribution in [0.2, 0.25) is 0 Å². The lowest BCUT2D eigenvalue weighted by Crippen LogP contribution is -2.35. The highest BCUT2D eigenvalue weighted by Gasteiger charge is 2.14. The van der Waals surface area contributed by atoms with Gasteiger partial charge in [0.05, 0.1) is 0 Å². The van der Waals surface area contributed by atoms with Gasteiger partial charge in [-0.2, -0.15) is 0 Å². The number of fused-ring (bicyclic) bond motifs is 1. The molecule has 2 rings (SSSR count). The first kappa shape index (κ1) is 14.4. The van der Waals surface area contributed by atoms with Gasteiger partial charge in [0, 0.05) is 23.1 Å². The molecule has 108 valence electrons. The minimum atomic E-state index is -1.02. The molecule has 1 atom stereocenters. The molecule has 0 aliphatic rings. The van der Waals surface area contributed by atoms with Crippen LogP contribution in [0.4, 0.5) is 9.18 Å². The van der Waals surface area contributed by atoms with E-state index in [2.05, 4.69) is 17.2 Å². The number of benzene rings is 1. The molecule has 0 aliphatic heterocycles. The molecule has 1 unspecified atom stereocenters. The van der Waals surface area contributed by atoms with E-state index >= 15 is 0 Å². The molecule has 0 bridgehead atoms. The van der Waals surface area contributed by atoms with E-state index in [1.165, 1.54) is 12.1 Å². The van der Waals surface area contributed by atoms with Crippen LogP contribution in [0.3, 0.4) is 0 Å². The van der Waals surface area contributed by atoms with Crippen molar-refractivity contribution in [3.63, 3.8) is 0 Å². The van der Waals surface area contributed by atoms with Crippen LogP contribution in [0.5, 0.6) is 0 Å². The fourth-order valence-electron chi connectivity index (χ4n) is 2.44. The topological polar surface area (TPSA) is 65.1 Å². The van der Waals surface area contributed by atoms with Crippen molar-refractivity contribution in [3.8, 4) is 0 Å². The Morgan fingerprint density at radius 2 is 2.30 bits per heavy atom. The van der Waals surface area contributed by atoms with Gasteiger partial charge in [0.1, 0.15) is 5.82 Å². The number of hydrogen-bond acceptors (Lipinski definition) is 1. The molecule has 1 amide bonds. The van der Waals surface area contributed by atoms with E-state index < -0.39 is 6.09 Å². The number of H-pyrrole nitrogens is 1. The Balaban J connectivity index is 2.18. The molecule has 1 heterocycles. The normalized spacial score (nSPS) is 12.5. The van der Waals surface area contributed by atoms with E-state index in [0.717, 1.165) is 35.7 Å². The second-order valence-corrected chi connectivity index (χ2v) is 5.00. The fraction of sp³-hybridized carbons (Fsp3) is 0.400. The third kappa shape index (κ3) is 3.50. The van der Waals surface area contributed by atoms with Gasteiger partial charge in [0.25, 0.3) is 0 Å². The molecule has 3 N–H and O–H groups in total. The summed E-state index contributed by atoms with van der Waals surface area (Å²) in [6, 6.07) is 4.44. The second kappa shape index (κ2) is 6.41. The molecule has 5 heteroatoms. The summed E-state index contributed by atoms with van der Waals surface area (Å²) in [5.41, 5.74) is 1.81. The summed E-state index contributed by atoms with van der Waals surface area (Å²) in [4.78, 5) is 13.9. The van der Waals surface area contributed by atoms with Gasteiger partial charge in [-0.3, -0.25) is 0 Å². The number of aromatic amines is 1. The Labute approximate surface area is 117 Å². The van der Waals surface area contributed by atoms with Gasteiger partial charge >= 0.3 is 6.09 Å². The van der Waals surface area contributed by atoms with E-state index in [9.17, 15) is 9.18 Å². The summed E-state index contributed by atoms with van der Waals surface area (Å²) >= 11 is 0. The highest BCUT2D eigenvalue weighted by Crippen LogP contribution is 2.21. The number of halogens is 1. The van der Waals surface area contributed by atoms with Crippen LogP contribution in [-0.2, 0) is 6.42 Å². The Kier molecular flexibility index (Phi) is 4.61. The molecule has 4 nitrogen and oxygen atoms in total. The van der Waals surface area contributed by atoms with Crippen LogP contribution in [-0.4, -0.2) is 22.2 Å². The minimum Gasteiger partial charge on any atom is -0.465 e. The van der Waals surface area contributed by atoms with Crippen LogP contribution in [0, 0.1) is 5.82 Å². The maximum absolute atomic E-state index is 13.3. The standard InChI is InChI=1S/C15H19FN2O2/c1-2-3-4-12(18-15(19)20)7-10-9-17-14-6-5-11(16)8-13(10)14/h5-6,8-9,12,17-18H,2-4,7H2,1H3,(H,19,20). The van der Waals surface area contributed by atoms with E-state index in [4.69, 9.17) is 5.11 Å². The summed E-state index contributed by atoms with van der Waals surface area (Å²) in [6.45, 7) is 2.07. The van der Waals surface area contributed by atoms with E-state index in [-0.39, 0.29) is 11.9 Å².